The van der Waals surface area contributed by atoms with Crippen LogP contribution in [-0.2, 0) is 0 Å². The fourth-order valence-corrected chi connectivity index (χ4v) is 2.67. The number of benzene rings is 1. The van der Waals surface area contributed by atoms with Gasteiger partial charge in [0.2, 0.25) is 0 Å². The van der Waals surface area contributed by atoms with Crippen molar-refractivity contribution < 1.29 is 9.90 Å². The van der Waals surface area contributed by atoms with Crippen molar-refractivity contribution >= 4 is 29.3 Å². The summed E-state index contributed by atoms with van der Waals surface area (Å²) in [5, 5.41) is 9.07. The van der Waals surface area contributed by atoms with Gasteiger partial charge in [-0.3, -0.25) is 4.79 Å². The van der Waals surface area contributed by atoms with E-state index in [1.54, 1.807) is 47.8 Å². The second-order valence-electron chi connectivity index (χ2n) is 3.02. The second kappa shape index (κ2) is 6.80. The van der Waals surface area contributed by atoms with Crippen molar-refractivity contribution in [3.8, 4) is 5.75 Å². The first-order valence-electron chi connectivity index (χ1n) is 4.63. The third kappa shape index (κ3) is 4.62. The Labute approximate surface area is 98.5 Å². The Balaban J connectivity index is 2.37. The Morgan fingerprint density at radius 3 is 2.53 bits per heavy atom. The topological polar surface area (TPSA) is 37.3 Å². The highest BCUT2D eigenvalue weighted by Crippen LogP contribution is 2.13. The maximum atomic E-state index is 11.6. The molecule has 0 fully saturated rings. The normalized spacial score (nSPS) is 10.2. The van der Waals surface area contributed by atoms with Crippen molar-refractivity contribution in [2.45, 2.75) is 0 Å². The summed E-state index contributed by atoms with van der Waals surface area (Å²) in [6.07, 6.45) is 2.06. The molecular formula is C11H14O2S2. The van der Waals surface area contributed by atoms with E-state index in [0.29, 0.717) is 11.3 Å². The molecule has 0 amide bonds. The molecule has 15 heavy (non-hydrogen) atoms. The van der Waals surface area contributed by atoms with Crippen molar-refractivity contribution in [2.75, 3.05) is 23.5 Å². The average Bonchev–Trinajstić information content (AvgIpc) is 2.25. The molecule has 0 aliphatic heterocycles. The van der Waals surface area contributed by atoms with Crippen molar-refractivity contribution in [2.24, 2.45) is 0 Å². The van der Waals surface area contributed by atoms with Gasteiger partial charge in [-0.2, -0.15) is 23.5 Å². The number of phenolic OH excluding ortho intramolecular Hbond substituents is 1. The lowest BCUT2D eigenvalue weighted by atomic mass is 10.1. The first-order chi connectivity index (χ1) is 7.24. The molecule has 0 unspecified atom stereocenters. The molecule has 0 saturated heterocycles. The van der Waals surface area contributed by atoms with E-state index in [9.17, 15) is 4.79 Å². The van der Waals surface area contributed by atoms with Crippen molar-refractivity contribution in [3.05, 3.63) is 29.8 Å². The maximum absolute atomic E-state index is 11.6. The fourth-order valence-electron chi connectivity index (χ4n) is 1.04. The van der Waals surface area contributed by atoms with Crippen LogP contribution < -0.4 is 0 Å². The van der Waals surface area contributed by atoms with E-state index < -0.39 is 0 Å². The molecule has 82 valence electrons. The lowest BCUT2D eigenvalue weighted by Crippen LogP contribution is -2.03. The van der Waals surface area contributed by atoms with E-state index in [0.717, 1.165) is 11.5 Å². The minimum atomic E-state index is 0.126. The first-order valence-corrected chi connectivity index (χ1v) is 7.18. The van der Waals surface area contributed by atoms with E-state index >= 15 is 0 Å². The standard InChI is InChI=1S/C11H14O2S2/c1-14-6-7-15-8-11(13)9-2-4-10(12)5-3-9/h2-5,12H,6-8H2,1H3. The number of hydrogen-bond acceptors (Lipinski definition) is 4. The summed E-state index contributed by atoms with van der Waals surface area (Å²) in [4.78, 5) is 11.6. The van der Waals surface area contributed by atoms with Crippen LogP contribution in [-0.4, -0.2) is 34.4 Å². The van der Waals surface area contributed by atoms with Gasteiger partial charge < -0.3 is 5.11 Å². The van der Waals surface area contributed by atoms with E-state index in [2.05, 4.69) is 6.26 Å². The Bertz CT molecular complexity index is 309. The number of phenols is 1. The van der Waals surface area contributed by atoms with Gasteiger partial charge in [0, 0.05) is 17.1 Å². The van der Waals surface area contributed by atoms with Crippen LogP contribution in [0.5, 0.6) is 5.75 Å². The lowest BCUT2D eigenvalue weighted by molar-refractivity contribution is 0.102. The highest BCUT2D eigenvalue weighted by Gasteiger charge is 2.05. The monoisotopic (exact) mass is 242 g/mol. The molecule has 0 atom stereocenters. The van der Waals surface area contributed by atoms with E-state index in [4.69, 9.17) is 5.11 Å². The number of rotatable bonds is 6. The van der Waals surface area contributed by atoms with Crippen LogP contribution in [0.4, 0.5) is 0 Å². The maximum Gasteiger partial charge on any atom is 0.172 e. The third-order valence-electron chi connectivity index (χ3n) is 1.85. The predicted octanol–water partition coefficient (Wildman–Crippen LogP) is 2.67. The van der Waals surface area contributed by atoms with Crippen LogP contribution in [0.1, 0.15) is 10.4 Å². The SMILES string of the molecule is CSCCSCC(=O)c1ccc(O)cc1. The molecule has 0 spiro atoms. The molecule has 1 rings (SSSR count). The zero-order valence-corrected chi connectivity index (χ0v) is 10.2. The minimum absolute atomic E-state index is 0.126. The molecule has 1 aromatic carbocycles. The molecule has 4 heteroatoms. The van der Waals surface area contributed by atoms with E-state index in [1.807, 2.05) is 0 Å². The number of Topliss-reactive ketones (excluding diaryl/α,β-unsaturated/α-hetero) is 1. The molecule has 0 heterocycles. The predicted molar refractivity (Wildman–Crippen MR) is 68.1 cm³/mol. The van der Waals surface area contributed by atoms with Crippen LogP contribution in [0.25, 0.3) is 0 Å². The number of carbonyl (C=O) groups is 1. The molecule has 0 aliphatic carbocycles. The molecule has 0 radical (unpaired) electrons. The Morgan fingerprint density at radius 1 is 1.27 bits per heavy atom. The van der Waals surface area contributed by atoms with Crippen LogP contribution in [0, 0.1) is 0 Å². The summed E-state index contributed by atoms with van der Waals surface area (Å²) < 4.78 is 0. The largest absolute Gasteiger partial charge is 0.508 e. The quantitative estimate of drug-likeness (QED) is 0.615. The van der Waals surface area contributed by atoms with Gasteiger partial charge in [0.15, 0.2) is 5.78 Å². The molecule has 2 nitrogen and oxygen atoms in total. The van der Waals surface area contributed by atoms with Gasteiger partial charge in [-0.05, 0) is 30.5 Å². The molecular weight excluding hydrogens is 228 g/mol. The van der Waals surface area contributed by atoms with Crippen LogP contribution in [0.2, 0.25) is 0 Å². The van der Waals surface area contributed by atoms with Gasteiger partial charge >= 0.3 is 0 Å². The number of thioether (sulfide) groups is 2. The number of aromatic hydroxyl groups is 1. The van der Waals surface area contributed by atoms with Gasteiger partial charge in [-0.15, -0.1) is 0 Å². The third-order valence-corrected chi connectivity index (χ3v) is 3.68. The van der Waals surface area contributed by atoms with Crippen LogP contribution in [0.3, 0.4) is 0 Å². The molecule has 1 aromatic rings. The molecule has 0 saturated carbocycles. The molecule has 0 aliphatic rings. The smallest absolute Gasteiger partial charge is 0.172 e. The zero-order chi connectivity index (χ0) is 11.1. The Kier molecular flexibility index (Phi) is 5.65. The van der Waals surface area contributed by atoms with Crippen molar-refractivity contribution in [1.29, 1.82) is 0 Å². The van der Waals surface area contributed by atoms with Gasteiger partial charge in [0.25, 0.3) is 0 Å². The molecule has 0 aromatic heterocycles. The first kappa shape index (κ1) is 12.5. The minimum Gasteiger partial charge on any atom is -0.508 e. The highest BCUT2D eigenvalue weighted by atomic mass is 32.2. The highest BCUT2D eigenvalue weighted by molar-refractivity contribution is 8.02. The zero-order valence-electron chi connectivity index (χ0n) is 8.60. The number of hydrogen-bond donors (Lipinski definition) is 1. The van der Waals surface area contributed by atoms with Crippen LogP contribution >= 0.6 is 23.5 Å². The molecule has 0 bridgehead atoms. The van der Waals surface area contributed by atoms with Gasteiger partial charge in [0.05, 0.1) is 5.75 Å². The number of carbonyl (C=O) groups excluding carboxylic acids is 1. The van der Waals surface area contributed by atoms with Crippen molar-refractivity contribution in [3.63, 3.8) is 0 Å². The summed E-state index contributed by atoms with van der Waals surface area (Å²) in [5.41, 5.74) is 0.671. The average molecular weight is 242 g/mol. The molecule has 1 N–H and O–H groups in total. The Hall–Kier alpha value is -0.610. The van der Waals surface area contributed by atoms with Gasteiger partial charge in [-0.25, -0.2) is 0 Å². The Morgan fingerprint density at radius 2 is 1.93 bits per heavy atom. The van der Waals surface area contributed by atoms with E-state index in [1.165, 1.54) is 0 Å². The van der Waals surface area contributed by atoms with Crippen LogP contribution in [0.15, 0.2) is 24.3 Å². The summed E-state index contributed by atoms with van der Waals surface area (Å²) >= 11 is 3.44. The lowest BCUT2D eigenvalue weighted by Gasteiger charge is -2.01. The second-order valence-corrected chi connectivity index (χ2v) is 5.11. The summed E-state index contributed by atoms with van der Waals surface area (Å²) in [6.45, 7) is 0. The summed E-state index contributed by atoms with van der Waals surface area (Å²) in [5.74, 6) is 2.92. The van der Waals surface area contributed by atoms with E-state index in [-0.39, 0.29) is 11.5 Å². The number of ketones is 1. The van der Waals surface area contributed by atoms with Gasteiger partial charge in [-0.1, -0.05) is 0 Å². The summed E-state index contributed by atoms with van der Waals surface area (Å²) in [6, 6.07) is 6.40. The summed E-state index contributed by atoms with van der Waals surface area (Å²) in [7, 11) is 0. The van der Waals surface area contributed by atoms with Crippen molar-refractivity contribution in [1.82, 2.24) is 0 Å². The fraction of sp³-hybridized carbons (Fsp3) is 0.364. The van der Waals surface area contributed by atoms with Gasteiger partial charge in [0.1, 0.15) is 5.75 Å².